The molecule has 25 heavy (non-hydrogen) atoms. The number of nitrogens with one attached hydrogen (secondary N) is 1. The number of amides is 2. The van der Waals surface area contributed by atoms with Crippen molar-refractivity contribution in [3.8, 4) is 11.5 Å². The van der Waals surface area contributed by atoms with Gasteiger partial charge in [0.1, 0.15) is 11.5 Å². The molecule has 132 valence electrons. The number of nitrogens with two attached hydrogens (primary N) is 1. The van der Waals surface area contributed by atoms with Gasteiger partial charge < -0.3 is 15.2 Å². The van der Waals surface area contributed by atoms with Crippen molar-refractivity contribution < 1.29 is 14.3 Å². The molecule has 0 heterocycles. The summed E-state index contributed by atoms with van der Waals surface area (Å²) in [6, 6.07) is 12.8. The zero-order chi connectivity index (χ0) is 18.1. The molecule has 3 N–H and O–H groups in total. The van der Waals surface area contributed by atoms with Gasteiger partial charge in [-0.3, -0.25) is 0 Å². The third-order valence-corrected chi connectivity index (χ3v) is 3.46. The SMILES string of the molecule is Cc1cccc(C)c1OCCCOc1cccc(/C=N\NC(N)=O)c1. The molecule has 0 saturated heterocycles. The predicted octanol–water partition coefficient (Wildman–Crippen LogP) is 3.15. The number of nitrogens with zero attached hydrogens (tertiary/aromatic N) is 1. The lowest BCUT2D eigenvalue weighted by Crippen LogP contribution is -2.24. The van der Waals surface area contributed by atoms with E-state index in [1.807, 2.05) is 56.3 Å². The molecule has 6 heteroatoms. The van der Waals surface area contributed by atoms with E-state index in [2.05, 4.69) is 10.5 Å². The van der Waals surface area contributed by atoms with E-state index < -0.39 is 6.03 Å². The molecular formula is C19H23N3O3. The highest BCUT2D eigenvalue weighted by molar-refractivity contribution is 5.81. The first-order chi connectivity index (χ1) is 12.1. The van der Waals surface area contributed by atoms with Gasteiger partial charge in [0.25, 0.3) is 0 Å². The van der Waals surface area contributed by atoms with Crippen LogP contribution in [0, 0.1) is 13.8 Å². The molecule has 0 aliphatic heterocycles. The van der Waals surface area contributed by atoms with Crippen molar-refractivity contribution in [3.05, 3.63) is 59.2 Å². The van der Waals surface area contributed by atoms with Gasteiger partial charge in [-0.15, -0.1) is 0 Å². The summed E-state index contributed by atoms with van der Waals surface area (Å²) in [5, 5.41) is 3.72. The number of aryl methyl sites for hydroxylation is 2. The van der Waals surface area contributed by atoms with E-state index in [9.17, 15) is 4.79 Å². The van der Waals surface area contributed by atoms with Crippen LogP contribution in [0.5, 0.6) is 11.5 Å². The third-order valence-electron chi connectivity index (χ3n) is 3.46. The summed E-state index contributed by atoms with van der Waals surface area (Å²) in [6.07, 6.45) is 2.27. The number of carbonyl (C=O) groups is 1. The Kier molecular flexibility index (Phi) is 6.83. The fraction of sp³-hybridized carbons (Fsp3) is 0.263. The van der Waals surface area contributed by atoms with E-state index in [0.717, 1.165) is 34.6 Å². The molecule has 0 bridgehead atoms. The molecule has 0 fully saturated rings. The summed E-state index contributed by atoms with van der Waals surface area (Å²) < 4.78 is 11.6. The molecule has 0 aromatic heterocycles. The number of hydrazone groups is 1. The molecule has 0 saturated carbocycles. The Labute approximate surface area is 147 Å². The minimum absolute atomic E-state index is 0.547. The van der Waals surface area contributed by atoms with Gasteiger partial charge >= 0.3 is 6.03 Å². The van der Waals surface area contributed by atoms with E-state index in [0.29, 0.717) is 13.2 Å². The van der Waals surface area contributed by atoms with Crippen LogP contribution >= 0.6 is 0 Å². The Morgan fingerprint density at radius 1 is 1.12 bits per heavy atom. The maximum Gasteiger partial charge on any atom is 0.332 e. The normalized spacial score (nSPS) is 10.6. The Bertz CT molecular complexity index is 724. The molecule has 2 aromatic rings. The van der Waals surface area contributed by atoms with E-state index in [1.54, 1.807) is 0 Å². The average Bonchev–Trinajstić information content (AvgIpc) is 2.57. The van der Waals surface area contributed by atoms with Crippen LogP contribution in [0.3, 0.4) is 0 Å². The van der Waals surface area contributed by atoms with Crippen LogP contribution < -0.4 is 20.6 Å². The summed E-state index contributed by atoms with van der Waals surface area (Å²) in [7, 11) is 0. The fourth-order valence-electron chi connectivity index (χ4n) is 2.31. The first-order valence-corrected chi connectivity index (χ1v) is 8.06. The Balaban J connectivity index is 1.76. The molecular weight excluding hydrogens is 318 g/mol. The quantitative estimate of drug-likeness (QED) is 0.439. The molecule has 6 nitrogen and oxygen atoms in total. The molecule has 0 aliphatic rings. The molecule has 0 aliphatic carbocycles. The Morgan fingerprint density at radius 2 is 1.80 bits per heavy atom. The van der Waals surface area contributed by atoms with Crippen molar-refractivity contribution in [1.29, 1.82) is 0 Å². The van der Waals surface area contributed by atoms with Crippen LogP contribution in [0.15, 0.2) is 47.6 Å². The smallest absolute Gasteiger partial charge is 0.332 e. The first kappa shape index (κ1) is 18.3. The third kappa shape index (κ3) is 6.18. The van der Waals surface area contributed by atoms with E-state index in [1.165, 1.54) is 6.21 Å². The van der Waals surface area contributed by atoms with E-state index in [-0.39, 0.29) is 0 Å². The number of carbonyl (C=O) groups excluding carboxylic acids is 1. The molecule has 2 amide bonds. The Hall–Kier alpha value is -3.02. The standard InChI is InChI=1S/C19H23N3O3/c1-14-6-3-7-15(2)18(14)25-11-5-10-24-17-9-4-8-16(12-17)13-21-22-19(20)23/h3-4,6-9,12-13H,5,10-11H2,1-2H3,(H3,20,22,23)/b21-13-. The lowest BCUT2D eigenvalue weighted by Gasteiger charge is -2.12. The summed E-state index contributed by atoms with van der Waals surface area (Å²) in [4.78, 5) is 10.6. The molecule has 2 aromatic carbocycles. The lowest BCUT2D eigenvalue weighted by molar-refractivity contribution is 0.245. The summed E-state index contributed by atoms with van der Waals surface area (Å²) >= 11 is 0. The molecule has 0 unspecified atom stereocenters. The number of rotatable bonds is 8. The maximum absolute atomic E-state index is 10.6. The van der Waals surface area contributed by atoms with Gasteiger partial charge in [0.2, 0.25) is 0 Å². The molecule has 0 spiro atoms. The van der Waals surface area contributed by atoms with Crippen LogP contribution in [0.1, 0.15) is 23.1 Å². The second-order valence-electron chi connectivity index (χ2n) is 5.58. The largest absolute Gasteiger partial charge is 0.493 e. The predicted molar refractivity (Wildman–Crippen MR) is 98.3 cm³/mol. The van der Waals surface area contributed by atoms with Crippen molar-refractivity contribution in [3.63, 3.8) is 0 Å². The van der Waals surface area contributed by atoms with Crippen LogP contribution in [0.4, 0.5) is 4.79 Å². The minimum Gasteiger partial charge on any atom is -0.493 e. The second kappa shape index (κ2) is 9.32. The van der Waals surface area contributed by atoms with Gasteiger partial charge in [-0.1, -0.05) is 30.3 Å². The number of hydrogen-bond acceptors (Lipinski definition) is 4. The zero-order valence-corrected chi connectivity index (χ0v) is 14.5. The highest BCUT2D eigenvalue weighted by Gasteiger charge is 2.03. The number of para-hydroxylation sites is 1. The first-order valence-electron chi connectivity index (χ1n) is 8.06. The van der Waals surface area contributed by atoms with Crippen molar-refractivity contribution >= 4 is 12.2 Å². The Morgan fingerprint density at radius 3 is 2.52 bits per heavy atom. The summed E-state index contributed by atoms with van der Waals surface area (Å²) in [5.74, 6) is 1.68. The molecule has 0 radical (unpaired) electrons. The van der Waals surface area contributed by atoms with E-state index in [4.69, 9.17) is 15.2 Å². The number of urea groups is 1. The number of hydrogen-bond donors (Lipinski definition) is 2. The second-order valence-corrected chi connectivity index (χ2v) is 5.58. The summed E-state index contributed by atoms with van der Waals surface area (Å²) in [5.41, 5.74) is 10.2. The van der Waals surface area contributed by atoms with Gasteiger partial charge in [0, 0.05) is 6.42 Å². The monoisotopic (exact) mass is 341 g/mol. The van der Waals surface area contributed by atoms with Gasteiger partial charge in [-0.05, 0) is 42.7 Å². The van der Waals surface area contributed by atoms with Crippen LogP contribution in [0.25, 0.3) is 0 Å². The van der Waals surface area contributed by atoms with E-state index >= 15 is 0 Å². The van der Waals surface area contributed by atoms with Crippen LogP contribution in [0.2, 0.25) is 0 Å². The summed E-state index contributed by atoms with van der Waals surface area (Å²) in [6.45, 7) is 5.22. The highest BCUT2D eigenvalue weighted by Crippen LogP contribution is 2.22. The fourth-order valence-corrected chi connectivity index (χ4v) is 2.31. The van der Waals surface area contributed by atoms with Crippen LogP contribution in [-0.2, 0) is 0 Å². The highest BCUT2D eigenvalue weighted by atomic mass is 16.5. The van der Waals surface area contributed by atoms with Gasteiger partial charge in [-0.25, -0.2) is 10.2 Å². The van der Waals surface area contributed by atoms with Crippen LogP contribution in [-0.4, -0.2) is 25.5 Å². The molecule has 2 rings (SSSR count). The zero-order valence-electron chi connectivity index (χ0n) is 14.5. The average molecular weight is 341 g/mol. The number of benzene rings is 2. The van der Waals surface area contributed by atoms with Crippen molar-refractivity contribution in [2.24, 2.45) is 10.8 Å². The van der Waals surface area contributed by atoms with Crippen molar-refractivity contribution in [2.45, 2.75) is 20.3 Å². The molecule has 0 atom stereocenters. The van der Waals surface area contributed by atoms with Crippen molar-refractivity contribution in [2.75, 3.05) is 13.2 Å². The van der Waals surface area contributed by atoms with Gasteiger partial charge in [-0.2, -0.15) is 5.10 Å². The lowest BCUT2D eigenvalue weighted by atomic mass is 10.1. The number of primary amides is 1. The van der Waals surface area contributed by atoms with Crippen molar-refractivity contribution in [1.82, 2.24) is 5.43 Å². The topological polar surface area (TPSA) is 85.9 Å². The van der Waals surface area contributed by atoms with Gasteiger partial charge in [0.15, 0.2) is 0 Å². The minimum atomic E-state index is -0.701. The maximum atomic E-state index is 10.6. The van der Waals surface area contributed by atoms with Gasteiger partial charge in [0.05, 0.1) is 19.4 Å². The number of ether oxygens (including phenoxy) is 2.